The number of anilines is 1. The third-order valence-electron chi connectivity index (χ3n) is 4.45. The van der Waals surface area contributed by atoms with Crippen molar-refractivity contribution in [2.24, 2.45) is 0 Å². The summed E-state index contributed by atoms with van der Waals surface area (Å²) in [6.45, 7) is 3.13. The van der Waals surface area contributed by atoms with Gasteiger partial charge in [0, 0.05) is 37.9 Å². The van der Waals surface area contributed by atoms with Gasteiger partial charge in [0.1, 0.15) is 17.5 Å². The van der Waals surface area contributed by atoms with Gasteiger partial charge in [0.15, 0.2) is 10.8 Å². The number of carboxylic acid groups (broad SMARTS) is 1. The van der Waals surface area contributed by atoms with Crippen molar-refractivity contribution in [1.29, 1.82) is 0 Å². The molecule has 0 spiro atoms. The number of aryl methyl sites for hydroxylation is 1. The van der Waals surface area contributed by atoms with Crippen LogP contribution in [0.2, 0.25) is 0 Å². The maximum atomic E-state index is 12.7. The number of hydroxylamine groups is 1. The van der Waals surface area contributed by atoms with Crippen molar-refractivity contribution in [2.75, 3.05) is 25.0 Å². The van der Waals surface area contributed by atoms with Crippen molar-refractivity contribution in [3.05, 3.63) is 45.2 Å². The van der Waals surface area contributed by atoms with E-state index in [0.29, 0.717) is 35.2 Å². The lowest BCUT2D eigenvalue weighted by Gasteiger charge is -2.39. The molecule has 9 nitrogen and oxygen atoms in total. The number of hydrogen-bond acceptors (Lipinski definition) is 8. The fourth-order valence-electron chi connectivity index (χ4n) is 3.14. The second-order valence-electron chi connectivity index (χ2n) is 6.21. The summed E-state index contributed by atoms with van der Waals surface area (Å²) in [5.74, 6) is -0.561. The molecule has 4 rings (SSSR count). The number of hydrogen-bond donors (Lipinski definition) is 2. The number of carboxylic acids is 1. The Hall–Kier alpha value is -2.82. The van der Waals surface area contributed by atoms with Crippen LogP contribution in [0.5, 0.6) is 0 Å². The summed E-state index contributed by atoms with van der Waals surface area (Å²) < 4.78 is 1.57. The van der Waals surface area contributed by atoms with E-state index in [9.17, 15) is 14.7 Å². The molecule has 0 saturated carbocycles. The number of carbonyl (C=O) groups is 1. The highest BCUT2D eigenvalue weighted by Gasteiger charge is 2.30. The van der Waals surface area contributed by atoms with Gasteiger partial charge in [-0.15, -0.1) is 11.3 Å². The molecule has 3 aromatic rings. The molecular formula is C17H17N5O4S. The molecule has 0 unspecified atom stereocenters. The first-order chi connectivity index (χ1) is 13.0. The molecule has 2 N–H and O–H groups in total. The van der Waals surface area contributed by atoms with E-state index in [4.69, 9.17) is 4.84 Å². The topological polar surface area (TPSA) is 110 Å². The molecular weight excluding hydrogens is 370 g/mol. The van der Waals surface area contributed by atoms with Gasteiger partial charge in [-0.3, -0.25) is 14.2 Å². The number of fused-ring (bicyclic) bond motifs is 1. The van der Waals surface area contributed by atoms with Crippen LogP contribution in [-0.2, 0) is 4.84 Å². The Morgan fingerprint density at radius 3 is 2.85 bits per heavy atom. The minimum Gasteiger partial charge on any atom is -0.477 e. The van der Waals surface area contributed by atoms with Gasteiger partial charge in [0.2, 0.25) is 5.43 Å². The molecule has 10 heteroatoms. The van der Waals surface area contributed by atoms with E-state index >= 15 is 0 Å². The normalized spacial score (nSPS) is 14.5. The number of nitrogens with one attached hydrogen (secondary N) is 1. The van der Waals surface area contributed by atoms with Crippen LogP contribution in [0.15, 0.2) is 28.6 Å². The average Bonchev–Trinajstić information content (AvgIpc) is 3.11. The Morgan fingerprint density at radius 1 is 1.44 bits per heavy atom. The molecule has 0 bridgehead atoms. The fourth-order valence-corrected chi connectivity index (χ4v) is 3.76. The van der Waals surface area contributed by atoms with Crippen molar-refractivity contribution in [3.63, 3.8) is 0 Å². The van der Waals surface area contributed by atoms with E-state index in [0.717, 1.165) is 0 Å². The van der Waals surface area contributed by atoms with Crippen LogP contribution in [-0.4, -0.2) is 51.9 Å². The first kappa shape index (κ1) is 17.6. The van der Waals surface area contributed by atoms with Crippen LogP contribution < -0.4 is 15.8 Å². The first-order valence-corrected chi connectivity index (χ1v) is 9.15. The van der Waals surface area contributed by atoms with Gasteiger partial charge < -0.3 is 10.0 Å². The Morgan fingerprint density at radius 2 is 2.22 bits per heavy atom. The maximum Gasteiger partial charge on any atom is 0.341 e. The van der Waals surface area contributed by atoms with Crippen molar-refractivity contribution < 1.29 is 14.7 Å². The van der Waals surface area contributed by atoms with Gasteiger partial charge in [0.05, 0.1) is 5.39 Å². The van der Waals surface area contributed by atoms with E-state index in [-0.39, 0.29) is 17.1 Å². The molecule has 0 amide bonds. The van der Waals surface area contributed by atoms with Crippen molar-refractivity contribution in [3.8, 4) is 5.13 Å². The quantitative estimate of drug-likeness (QED) is 0.628. The van der Waals surface area contributed by atoms with Crippen LogP contribution in [0, 0.1) is 6.92 Å². The zero-order valence-electron chi connectivity index (χ0n) is 14.7. The summed E-state index contributed by atoms with van der Waals surface area (Å²) in [4.78, 5) is 40.6. The standard InChI is InChI=1S/C17H17N5O4S/c1-9-5-12(21-6-10(7-21)26-18-2)20-15-13(9)14(23)11(16(24)25)8-22(15)17-19-3-4-27-17/h3-5,8,10,18H,6-7H2,1-2H3,(H,24,25). The lowest BCUT2D eigenvalue weighted by atomic mass is 10.1. The Labute approximate surface area is 157 Å². The van der Waals surface area contributed by atoms with Gasteiger partial charge in [-0.05, 0) is 18.6 Å². The summed E-state index contributed by atoms with van der Waals surface area (Å²) in [7, 11) is 1.72. The van der Waals surface area contributed by atoms with Gasteiger partial charge in [-0.1, -0.05) is 0 Å². The number of aromatic carboxylic acids is 1. The highest BCUT2D eigenvalue weighted by Crippen LogP contribution is 2.27. The Kier molecular flexibility index (Phi) is 4.38. The summed E-state index contributed by atoms with van der Waals surface area (Å²) in [6, 6.07) is 1.80. The molecule has 1 aliphatic heterocycles. The zero-order valence-corrected chi connectivity index (χ0v) is 15.5. The van der Waals surface area contributed by atoms with Crippen molar-refractivity contribution in [1.82, 2.24) is 20.0 Å². The van der Waals surface area contributed by atoms with Gasteiger partial charge >= 0.3 is 5.97 Å². The van der Waals surface area contributed by atoms with Crippen LogP contribution >= 0.6 is 11.3 Å². The minimum atomic E-state index is -1.27. The molecule has 1 saturated heterocycles. The second-order valence-corrected chi connectivity index (χ2v) is 7.08. The Bertz CT molecular complexity index is 1070. The second kappa shape index (κ2) is 6.72. The van der Waals surface area contributed by atoms with Crippen LogP contribution in [0.25, 0.3) is 16.2 Å². The van der Waals surface area contributed by atoms with Crippen molar-refractivity contribution >= 4 is 34.2 Å². The minimum absolute atomic E-state index is 0.0725. The maximum absolute atomic E-state index is 12.7. The highest BCUT2D eigenvalue weighted by molar-refractivity contribution is 7.12. The fraction of sp³-hybridized carbons (Fsp3) is 0.294. The summed E-state index contributed by atoms with van der Waals surface area (Å²) in [5.41, 5.74) is 2.90. The van der Waals surface area contributed by atoms with Gasteiger partial charge in [-0.25, -0.2) is 20.2 Å². The number of rotatable bonds is 5. The predicted molar refractivity (Wildman–Crippen MR) is 101 cm³/mol. The molecule has 0 atom stereocenters. The van der Waals surface area contributed by atoms with E-state index < -0.39 is 11.4 Å². The van der Waals surface area contributed by atoms with E-state index in [1.807, 2.05) is 4.90 Å². The number of thiazole rings is 1. The largest absolute Gasteiger partial charge is 0.477 e. The summed E-state index contributed by atoms with van der Waals surface area (Å²) >= 11 is 1.34. The first-order valence-electron chi connectivity index (χ1n) is 8.27. The SMILES string of the molecule is CNOC1CN(c2cc(C)c3c(=O)c(C(=O)O)cn(-c4nccs4)c3n2)C1. The zero-order chi connectivity index (χ0) is 19.1. The van der Waals surface area contributed by atoms with Crippen LogP contribution in [0.3, 0.4) is 0 Å². The molecule has 1 fully saturated rings. The number of pyridine rings is 2. The van der Waals surface area contributed by atoms with Crippen LogP contribution in [0.4, 0.5) is 5.82 Å². The smallest absolute Gasteiger partial charge is 0.341 e. The third kappa shape index (κ3) is 2.97. The van der Waals surface area contributed by atoms with E-state index in [2.05, 4.69) is 15.4 Å². The van der Waals surface area contributed by atoms with Crippen LogP contribution in [0.1, 0.15) is 15.9 Å². The number of nitrogens with zero attached hydrogens (tertiary/aromatic N) is 4. The molecule has 0 aromatic carbocycles. The number of aromatic nitrogens is 3. The van der Waals surface area contributed by atoms with E-state index in [1.165, 1.54) is 17.5 Å². The highest BCUT2D eigenvalue weighted by atomic mass is 32.1. The molecule has 140 valence electrons. The molecule has 0 radical (unpaired) electrons. The molecule has 3 aromatic heterocycles. The van der Waals surface area contributed by atoms with E-state index in [1.54, 1.807) is 36.2 Å². The Balaban J connectivity index is 1.90. The summed E-state index contributed by atoms with van der Waals surface area (Å²) in [6.07, 6.45) is 2.99. The summed E-state index contributed by atoms with van der Waals surface area (Å²) in [5, 5.41) is 12.0. The third-order valence-corrected chi connectivity index (χ3v) is 5.23. The lowest BCUT2D eigenvalue weighted by molar-refractivity contribution is -0.0262. The van der Waals surface area contributed by atoms with Gasteiger partial charge in [0.25, 0.3) is 0 Å². The predicted octanol–water partition coefficient (Wildman–Crippen LogP) is 1.19. The molecule has 1 aliphatic rings. The molecule has 27 heavy (non-hydrogen) atoms. The molecule has 4 heterocycles. The monoisotopic (exact) mass is 387 g/mol. The molecule has 0 aliphatic carbocycles. The van der Waals surface area contributed by atoms with Crippen molar-refractivity contribution in [2.45, 2.75) is 13.0 Å². The average molecular weight is 387 g/mol. The van der Waals surface area contributed by atoms with Gasteiger partial charge in [-0.2, -0.15) is 0 Å². The lowest BCUT2D eigenvalue weighted by Crippen LogP contribution is -2.54.